The first-order valence-electron chi connectivity index (χ1n) is 5.40. The lowest BCUT2D eigenvalue weighted by molar-refractivity contribution is 0.576. The second-order valence-corrected chi connectivity index (χ2v) is 3.69. The summed E-state index contributed by atoms with van der Waals surface area (Å²) in [5.74, 6) is -1.29. The Morgan fingerprint density at radius 1 is 1.39 bits per heavy atom. The summed E-state index contributed by atoms with van der Waals surface area (Å²) < 4.78 is 28.7. The zero-order valence-electron chi connectivity index (χ0n) is 9.94. The molecule has 0 spiro atoms. The minimum atomic E-state index is -0.816. The maximum atomic E-state index is 13.7. The molecular formula is C11H12F2N4O. The number of hydrogen-bond donors (Lipinski definition) is 1. The number of benzene rings is 1. The molecule has 0 bridgehead atoms. The first-order valence-corrected chi connectivity index (χ1v) is 5.40. The predicted octanol–water partition coefficient (Wildman–Crippen LogP) is 1.28. The number of anilines is 1. The standard InChI is InChI=1S/C11H12F2N4O/c1-3-14-10-15-16(2)11(18)17(10)9-5-4-7(12)6-8(9)13/h4-6H,3H2,1-2H3,(H,14,15). The maximum absolute atomic E-state index is 13.7. The topological polar surface area (TPSA) is 51.9 Å². The van der Waals surface area contributed by atoms with E-state index in [9.17, 15) is 13.6 Å². The highest BCUT2D eigenvalue weighted by atomic mass is 19.1. The number of aryl methyl sites for hydroxylation is 1. The van der Waals surface area contributed by atoms with Gasteiger partial charge in [-0.3, -0.25) is 0 Å². The molecule has 0 aliphatic rings. The minimum Gasteiger partial charge on any atom is -0.354 e. The molecule has 0 aliphatic heterocycles. The number of hydrogen-bond acceptors (Lipinski definition) is 3. The highest BCUT2D eigenvalue weighted by molar-refractivity contribution is 5.41. The van der Waals surface area contributed by atoms with Crippen LogP contribution in [-0.2, 0) is 7.05 Å². The van der Waals surface area contributed by atoms with Crippen LogP contribution in [0.15, 0.2) is 23.0 Å². The van der Waals surface area contributed by atoms with Crippen molar-refractivity contribution in [1.29, 1.82) is 0 Å². The minimum absolute atomic E-state index is 0.0366. The molecule has 7 heteroatoms. The second kappa shape index (κ2) is 4.59. The Morgan fingerprint density at radius 3 is 2.72 bits per heavy atom. The summed E-state index contributed by atoms with van der Waals surface area (Å²) in [4.78, 5) is 11.9. The SMILES string of the molecule is CCNc1nn(C)c(=O)n1-c1ccc(F)cc1F. The molecule has 18 heavy (non-hydrogen) atoms. The van der Waals surface area contributed by atoms with Gasteiger partial charge in [-0.15, -0.1) is 5.10 Å². The zero-order valence-corrected chi connectivity index (χ0v) is 9.94. The van der Waals surface area contributed by atoms with Crippen LogP contribution < -0.4 is 11.0 Å². The molecule has 1 aromatic carbocycles. The summed E-state index contributed by atoms with van der Waals surface area (Å²) in [7, 11) is 1.46. The quantitative estimate of drug-likeness (QED) is 0.897. The first kappa shape index (κ1) is 12.3. The summed E-state index contributed by atoms with van der Waals surface area (Å²) >= 11 is 0. The summed E-state index contributed by atoms with van der Waals surface area (Å²) in [5.41, 5.74) is -0.540. The number of aromatic nitrogens is 3. The van der Waals surface area contributed by atoms with Gasteiger partial charge in [0.15, 0.2) is 0 Å². The Hall–Kier alpha value is -2.18. The highest BCUT2D eigenvalue weighted by Crippen LogP contribution is 2.16. The fraction of sp³-hybridized carbons (Fsp3) is 0.273. The van der Waals surface area contributed by atoms with E-state index < -0.39 is 17.3 Å². The van der Waals surface area contributed by atoms with Gasteiger partial charge in [0, 0.05) is 19.7 Å². The lowest BCUT2D eigenvalue weighted by Crippen LogP contribution is -2.23. The molecule has 0 unspecified atom stereocenters. The van der Waals surface area contributed by atoms with Crippen LogP contribution in [0.2, 0.25) is 0 Å². The number of halogens is 2. The van der Waals surface area contributed by atoms with E-state index in [4.69, 9.17) is 0 Å². The van der Waals surface area contributed by atoms with E-state index in [2.05, 4.69) is 10.4 Å². The van der Waals surface area contributed by atoms with E-state index in [1.165, 1.54) is 13.1 Å². The molecule has 0 aliphatic carbocycles. The third-order valence-electron chi connectivity index (χ3n) is 2.41. The van der Waals surface area contributed by atoms with Gasteiger partial charge >= 0.3 is 5.69 Å². The lowest BCUT2D eigenvalue weighted by atomic mass is 10.3. The summed E-state index contributed by atoms with van der Waals surface area (Å²) in [6, 6.07) is 3.02. The average molecular weight is 254 g/mol. The van der Waals surface area contributed by atoms with Gasteiger partial charge in [-0.05, 0) is 19.1 Å². The van der Waals surface area contributed by atoms with Gasteiger partial charge in [-0.1, -0.05) is 0 Å². The van der Waals surface area contributed by atoms with E-state index >= 15 is 0 Å². The van der Waals surface area contributed by atoms with Gasteiger partial charge in [0.05, 0.1) is 5.69 Å². The van der Waals surface area contributed by atoms with Crippen LogP contribution in [0.4, 0.5) is 14.7 Å². The molecule has 96 valence electrons. The number of nitrogens with one attached hydrogen (secondary N) is 1. The summed E-state index contributed by atoms with van der Waals surface area (Å²) in [6.07, 6.45) is 0. The van der Waals surface area contributed by atoms with E-state index in [1.54, 1.807) is 0 Å². The van der Waals surface area contributed by atoms with Crippen LogP contribution in [0, 0.1) is 11.6 Å². The largest absolute Gasteiger partial charge is 0.354 e. The predicted molar refractivity (Wildman–Crippen MR) is 62.9 cm³/mol. The molecular weight excluding hydrogens is 242 g/mol. The maximum Gasteiger partial charge on any atom is 0.351 e. The smallest absolute Gasteiger partial charge is 0.351 e. The number of nitrogens with zero attached hydrogens (tertiary/aromatic N) is 3. The van der Waals surface area contributed by atoms with Gasteiger partial charge in [0.25, 0.3) is 0 Å². The Balaban J connectivity index is 2.66. The van der Waals surface area contributed by atoms with Gasteiger partial charge < -0.3 is 5.32 Å². The van der Waals surface area contributed by atoms with Crippen molar-refractivity contribution in [1.82, 2.24) is 14.3 Å². The first-order chi connectivity index (χ1) is 8.54. The van der Waals surface area contributed by atoms with Gasteiger partial charge in [0.2, 0.25) is 5.95 Å². The Morgan fingerprint density at radius 2 is 2.11 bits per heavy atom. The summed E-state index contributed by atoms with van der Waals surface area (Å²) in [5, 5.41) is 6.78. The fourth-order valence-corrected chi connectivity index (χ4v) is 1.62. The molecule has 1 N–H and O–H groups in total. The van der Waals surface area contributed by atoms with E-state index in [-0.39, 0.29) is 11.6 Å². The van der Waals surface area contributed by atoms with Crippen LogP contribution in [-0.4, -0.2) is 20.9 Å². The van der Waals surface area contributed by atoms with Crippen molar-refractivity contribution in [3.8, 4) is 5.69 Å². The third kappa shape index (κ3) is 1.99. The molecule has 0 atom stereocenters. The van der Waals surface area contributed by atoms with Crippen molar-refractivity contribution in [2.24, 2.45) is 7.05 Å². The molecule has 2 rings (SSSR count). The van der Waals surface area contributed by atoms with Gasteiger partial charge in [-0.25, -0.2) is 22.8 Å². The van der Waals surface area contributed by atoms with Crippen LogP contribution >= 0.6 is 0 Å². The fourth-order valence-electron chi connectivity index (χ4n) is 1.62. The van der Waals surface area contributed by atoms with Crippen molar-refractivity contribution >= 4 is 5.95 Å². The van der Waals surface area contributed by atoms with Crippen LogP contribution in [0.3, 0.4) is 0 Å². The normalized spacial score (nSPS) is 10.7. The average Bonchev–Trinajstić information content (AvgIpc) is 2.57. The molecule has 0 radical (unpaired) electrons. The van der Waals surface area contributed by atoms with Crippen LogP contribution in [0.5, 0.6) is 0 Å². The molecule has 1 aromatic heterocycles. The van der Waals surface area contributed by atoms with Crippen molar-refractivity contribution in [3.05, 3.63) is 40.3 Å². The van der Waals surface area contributed by atoms with E-state index in [0.29, 0.717) is 6.54 Å². The molecule has 2 aromatic rings. The zero-order chi connectivity index (χ0) is 13.3. The van der Waals surface area contributed by atoms with E-state index in [1.807, 2.05) is 6.92 Å². The molecule has 0 saturated carbocycles. The highest BCUT2D eigenvalue weighted by Gasteiger charge is 2.16. The Kier molecular flexibility index (Phi) is 3.14. The molecule has 0 amide bonds. The monoisotopic (exact) mass is 254 g/mol. The van der Waals surface area contributed by atoms with Crippen LogP contribution in [0.25, 0.3) is 5.69 Å². The third-order valence-corrected chi connectivity index (χ3v) is 2.41. The van der Waals surface area contributed by atoms with Gasteiger partial charge in [0.1, 0.15) is 11.6 Å². The number of rotatable bonds is 3. The van der Waals surface area contributed by atoms with Gasteiger partial charge in [-0.2, -0.15) is 0 Å². The van der Waals surface area contributed by atoms with Crippen molar-refractivity contribution in [2.75, 3.05) is 11.9 Å². The Labute approximate surface area is 102 Å². The van der Waals surface area contributed by atoms with E-state index in [0.717, 1.165) is 21.4 Å². The summed E-state index contributed by atoms with van der Waals surface area (Å²) in [6.45, 7) is 2.35. The molecule has 0 saturated heterocycles. The van der Waals surface area contributed by atoms with Crippen molar-refractivity contribution in [3.63, 3.8) is 0 Å². The molecule has 1 heterocycles. The van der Waals surface area contributed by atoms with Crippen LogP contribution in [0.1, 0.15) is 6.92 Å². The lowest BCUT2D eigenvalue weighted by Gasteiger charge is -2.07. The molecule has 0 fully saturated rings. The molecule has 5 nitrogen and oxygen atoms in total. The Bertz CT molecular complexity index is 632. The second-order valence-electron chi connectivity index (χ2n) is 3.69. The van der Waals surface area contributed by atoms with Crippen molar-refractivity contribution < 1.29 is 8.78 Å². The van der Waals surface area contributed by atoms with Crippen molar-refractivity contribution in [2.45, 2.75) is 6.92 Å².